The maximum Gasteiger partial charge on any atom is 0.412 e. The van der Waals surface area contributed by atoms with E-state index >= 15 is 0 Å². The van der Waals surface area contributed by atoms with Gasteiger partial charge in [-0.2, -0.15) is 0 Å². The second-order valence-corrected chi connectivity index (χ2v) is 7.35. The molecule has 2 unspecified atom stereocenters. The van der Waals surface area contributed by atoms with Gasteiger partial charge >= 0.3 is 12.2 Å². The van der Waals surface area contributed by atoms with Crippen LogP contribution in [-0.2, 0) is 22.3 Å². The van der Waals surface area contributed by atoms with Crippen molar-refractivity contribution in [3.8, 4) is 0 Å². The molecule has 0 aliphatic heterocycles. The van der Waals surface area contributed by atoms with Crippen molar-refractivity contribution < 1.29 is 24.2 Å². The van der Waals surface area contributed by atoms with Gasteiger partial charge in [0.2, 0.25) is 0 Å². The Morgan fingerprint density at radius 2 is 2.00 bits per heavy atom. The Labute approximate surface area is 154 Å². The number of anilines is 1. The minimum atomic E-state index is -0.725. The fraction of sp³-hybridized carbons (Fsp3) is 0.579. The third-order valence-electron chi connectivity index (χ3n) is 4.09. The van der Waals surface area contributed by atoms with Crippen LogP contribution in [0.1, 0.15) is 45.2 Å². The zero-order valence-electron chi connectivity index (χ0n) is 15.8. The van der Waals surface area contributed by atoms with Crippen molar-refractivity contribution in [3.63, 3.8) is 0 Å². The van der Waals surface area contributed by atoms with Crippen molar-refractivity contribution >= 4 is 17.9 Å². The van der Waals surface area contributed by atoms with Crippen molar-refractivity contribution in [3.05, 3.63) is 29.3 Å². The Balaban J connectivity index is 2.12. The lowest BCUT2D eigenvalue weighted by Crippen LogP contribution is -2.44. The molecule has 0 bridgehead atoms. The summed E-state index contributed by atoms with van der Waals surface area (Å²) in [6.45, 7) is 7.42. The second kappa shape index (κ2) is 8.40. The number of benzene rings is 1. The molecule has 0 saturated heterocycles. The average Bonchev–Trinajstić information content (AvgIpc) is 2.66. The topological polar surface area (TPSA) is 96.9 Å². The van der Waals surface area contributed by atoms with E-state index in [1.165, 1.54) is 0 Å². The molecule has 2 amide bonds. The molecule has 1 aromatic rings. The van der Waals surface area contributed by atoms with Crippen molar-refractivity contribution in [2.45, 2.75) is 64.7 Å². The van der Waals surface area contributed by atoms with Crippen LogP contribution in [0.2, 0.25) is 0 Å². The van der Waals surface area contributed by atoms with Crippen LogP contribution < -0.4 is 10.6 Å². The van der Waals surface area contributed by atoms with Gasteiger partial charge < -0.3 is 19.9 Å². The Bertz CT molecular complexity index is 654. The van der Waals surface area contributed by atoms with E-state index in [2.05, 4.69) is 10.6 Å². The molecule has 1 aliphatic rings. The zero-order chi connectivity index (χ0) is 19.3. The van der Waals surface area contributed by atoms with E-state index in [9.17, 15) is 14.7 Å². The standard InChI is InChI=1S/C19H28N2O5/c1-5-25-17(23)21-15-10-9-13-12(11-16(15)22)7-6-8-14(13)20-18(24)26-19(2,3)4/h6-8,15-16,22H,5,9-11H2,1-4H3,(H,20,24)(H,21,23). The largest absolute Gasteiger partial charge is 0.450 e. The fourth-order valence-electron chi connectivity index (χ4n) is 3.00. The van der Waals surface area contributed by atoms with E-state index in [-0.39, 0.29) is 6.61 Å². The highest BCUT2D eigenvalue weighted by atomic mass is 16.6. The molecule has 1 aliphatic carbocycles. The summed E-state index contributed by atoms with van der Waals surface area (Å²) in [4.78, 5) is 23.8. The normalized spacial score (nSPS) is 19.7. The molecule has 0 radical (unpaired) electrons. The number of alkyl carbamates (subject to hydrolysis) is 1. The fourth-order valence-corrected chi connectivity index (χ4v) is 3.00. The highest BCUT2D eigenvalue weighted by molar-refractivity contribution is 5.86. The lowest BCUT2D eigenvalue weighted by atomic mass is 10.0. The Hall–Kier alpha value is -2.28. The minimum absolute atomic E-state index is 0.277. The predicted molar refractivity (Wildman–Crippen MR) is 98.3 cm³/mol. The van der Waals surface area contributed by atoms with Gasteiger partial charge in [0.15, 0.2) is 0 Å². The highest BCUT2D eigenvalue weighted by Gasteiger charge is 2.28. The van der Waals surface area contributed by atoms with Gasteiger partial charge in [-0.05, 0) is 57.7 Å². The molecule has 1 aromatic carbocycles. The Kier molecular flexibility index (Phi) is 6.47. The van der Waals surface area contributed by atoms with E-state index in [4.69, 9.17) is 9.47 Å². The van der Waals surface area contributed by atoms with Crippen molar-refractivity contribution in [1.29, 1.82) is 0 Å². The van der Waals surface area contributed by atoms with Crippen LogP contribution in [-0.4, -0.2) is 41.6 Å². The molecule has 3 N–H and O–H groups in total. The van der Waals surface area contributed by atoms with E-state index in [0.717, 1.165) is 11.1 Å². The Morgan fingerprint density at radius 1 is 1.27 bits per heavy atom. The van der Waals surface area contributed by atoms with Gasteiger partial charge in [-0.3, -0.25) is 5.32 Å². The number of aliphatic hydroxyl groups excluding tert-OH is 1. The zero-order valence-corrected chi connectivity index (χ0v) is 15.8. The highest BCUT2D eigenvalue weighted by Crippen LogP contribution is 2.28. The number of hydrogen-bond donors (Lipinski definition) is 3. The lowest BCUT2D eigenvalue weighted by molar-refractivity contribution is 0.0635. The molecular weight excluding hydrogens is 336 g/mol. The molecule has 2 atom stereocenters. The van der Waals surface area contributed by atoms with E-state index in [1.54, 1.807) is 27.7 Å². The van der Waals surface area contributed by atoms with Gasteiger partial charge in [-0.25, -0.2) is 9.59 Å². The molecule has 144 valence electrons. The number of rotatable bonds is 3. The maximum atomic E-state index is 12.1. The van der Waals surface area contributed by atoms with Crippen LogP contribution in [0, 0.1) is 0 Å². The number of ether oxygens (including phenoxy) is 2. The molecule has 2 rings (SSSR count). The Morgan fingerprint density at radius 3 is 2.65 bits per heavy atom. The van der Waals surface area contributed by atoms with Gasteiger partial charge in [-0.1, -0.05) is 12.1 Å². The molecule has 0 aromatic heterocycles. The summed E-state index contributed by atoms with van der Waals surface area (Å²) in [7, 11) is 0. The molecule has 0 fully saturated rings. The number of aliphatic hydroxyl groups is 1. The maximum absolute atomic E-state index is 12.1. The summed E-state index contributed by atoms with van der Waals surface area (Å²) in [5.41, 5.74) is 1.98. The van der Waals surface area contributed by atoms with Crippen LogP contribution in [0.4, 0.5) is 15.3 Å². The van der Waals surface area contributed by atoms with Gasteiger partial charge in [0.1, 0.15) is 5.60 Å². The lowest BCUT2D eigenvalue weighted by Gasteiger charge is -2.21. The summed E-state index contributed by atoms with van der Waals surface area (Å²) < 4.78 is 10.2. The second-order valence-electron chi connectivity index (χ2n) is 7.35. The van der Waals surface area contributed by atoms with Crippen LogP contribution in [0.15, 0.2) is 18.2 Å². The van der Waals surface area contributed by atoms with E-state index in [0.29, 0.717) is 24.9 Å². The summed E-state index contributed by atoms with van der Waals surface area (Å²) in [6, 6.07) is 5.16. The minimum Gasteiger partial charge on any atom is -0.450 e. The number of carbonyl (C=O) groups excluding carboxylic acids is 2. The number of carbonyl (C=O) groups is 2. The molecule has 7 heteroatoms. The summed E-state index contributed by atoms with van der Waals surface area (Å²) in [6.07, 6.45) is -0.241. The number of fused-ring (bicyclic) bond motifs is 1. The number of hydrogen-bond acceptors (Lipinski definition) is 5. The van der Waals surface area contributed by atoms with E-state index < -0.39 is 29.9 Å². The molecule has 0 saturated carbocycles. The SMILES string of the molecule is CCOC(=O)NC1CCc2c(cccc2NC(=O)OC(C)(C)C)CC1O. The van der Waals surface area contributed by atoms with Crippen LogP contribution in [0.5, 0.6) is 0 Å². The smallest absolute Gasteiger partial charge is 0.412 e. The van der Waals surface area contributed by atoms with E-state index in [1.807, 2.05) is 18.2 Å². The third kappa shape index (κ3) is 5.62. The van der Waals surface area contributed by atoms with Gasteiger partial charge in [0, 0.05) is 12.1 Å². The molecule has 0 heterocycles. The number of amides is 2. The first-order valence-electron chi connectivity index (χ1n) is 8.91. The van der Waals surface area contributed by atoms with Crippen LogP contribution in [0.3, 0.4) is 0 Å². The third-order valence-corrected chi connectivity index (χ3v) is 4.09. The first-order valence-corrected chi connectivity index (χ1v) is 8.91. The van der Waals surface area contributed by atoms with Crippen molar-refractivity contribution in [2.24, 2.45) is 0 Å². The van der Waals surface area contributed by atoms with Gasteiger partial charge in [0.05, 0.1) is 18.8 Å². The quantitative estimate of drug-likeness (QED) is 0.717. The van der Waals surface area contributed by atoms with Crippen molar-refractivity contribution in [1.82, 2.24) is 5.32 Å². The van der Waals surface area contributed by atoms with Crippen LogP contribution in [0.25, 0.3) is 0 Å². The monoisotopic (exact) mass is 364 g/mol. The molecule has 26 heavy (non-hydrogen) atoms. The van der Waals surface area contributed by atoms with Gasteiger partial charge in [-0.15, -0.1) is 0 Å². The molecule has 0 spiro atoms. The average molecular weight is 364 g/mol. The molecule has 7 nitrogen and oxygen atoms in total. The van der Waals surface area contributed by atoms with Crippen molar-refractivity contribution in [2.75, 3.05) is 11.9 Å². The molecular formula is C19H28N2O5. The number of nitrogens with one attached hydrogen (secondary N) is 2. The van der Waals surface area contributed by atoms with Gasteiger partial charge in [0.25, 0.3) is 0 Å². The summed E-state index contributed by atoms with van der Waals surface area (Å²) in [5, 5.41) is 16.0. The first-order chi connectivity index (χ1) is 12.2. The predicted octanol–water partition coefficient (Wildman–Crippen LogP) is 3.00. The summed E-state index contributed by atoms with van der Waals surface area (Å²) in [5.74, 6) is 0. The van der Waals surface area contributed by atoms with Crippen LogP contribution >= 0.6 is 0 Å². The summed E-state index contributed by atoms with van der Waals surface area (Å²) >= 11 is 0. The first kappa shape index (κ1) is 20.0.